The predicted molar refractivity (Wildman–Crippen MR) is 451 cm³/mol. The number of anilines is 4. The van der Waals surface area contributed by atoms with E-state index < -0.39 is 186 Å². The number of aliphatic hydroxyl groups excluding tert-OH is 1. The fourth-order valence-electron chi connectivity index (χ4n) is 11.4. The van der Waals surface area contributed by atoms with E-state index in [1.54, 1.807) is 24.1 Å². The van der Waals surface area contributed by atoms with Crippen LogP contribution < -0.4 is 41.8 Å². The Kier molecular flexibility index (Phi) is 39.2. The Morgan fingerprint density at radius 2 is 0.895 bits per heavy atom. The number of aliphatic hydroxyl groups is 1. The lowest BCUT2D eigenvalue weighted by Gasteiger charge is -2.17. The van der Waals surface area contributed by atoms with Crippen molar-refractivity contribution in [3.05, 3.63) is 253 Å². The number of cyclic esters (lactones) is 3. The minimum Gasteiger partial charge on any atom is -0.506 e. The fourth-order valence-corrected chi connectivity index (χ4v) is 11.5. The Morgan fingerprint density at radius 1 is 0.489 bits per heavy atom. The number of halogens is 15. The van der Waals surface area contributed by atoms with Gasteiger partial charge in [0.05, 0.1) is 121 Å². The van der Waals surface area contributed by atoms with Gasteiger partial charge in [0.25, 0.3) is 5.24 Å². The smallest absolute Gasteiger partial charge is 0.414 e. The number of fused-ring (bicyclic) bond motifs is 1. The third-order valence-electron chi connectivity index (χ3n) is 17.6. The molecule has 3 aliphatic rings. The van der Waals surface area contributed by atoms with Gasteiger partial charge in [-0.2, -0.15) is 0 Å². The largest absolute Gasteiger partial charge is 0.506 e. The van der Waals surface area contributed by atoms with Crippen molar-refractivity contribution in [1.29, 1.82) is 0 Å². The minimum atomic E-state index is -1.51. The molecule has 133 heavy (non-hydrogen) atoms. The second-order valence-corrected chi connectivity index (χ2v) is 28.4. The Hall–Kier alpha value is -15.2. The van der Waals surface area contributed by atoms with E-state index in [9.17, 15) is 125 Å². The van der Waals surface area contributed by atoms with Crippen molar-refractivity contribution < 1.29 is 153 Å². The molecule has 46 heteroatoms. The number of esters is 3. The molecule has 3 saturated heterocycles. The fraction of sp³-hybridized carbons (Fsp3) is 0.264. The highest BCUT2D eigenvalue weighted by atomic mass is 35.5. The van der Waals surface area contributed by atoms with Gasteiger partial charge in [0, 0.05) is 110 Å². The molecule has 31 nitrogen and oxygen atoms in total. The number of amides is 6. The number of hydrogen-bond acceptors (Lipinski definition) is 24. The first kappa shape index (κ1) is 107. The quantitative estimate of drug-likeness (QED) is 0.00288. The maximum absolute atomic E-state index is 15.2. The van der Waals surface area contributed by atoms with E-state index >= 15 is 4.39 Å². The summed E-state index contributed by atoms with van der Waals surface area (Å²) in [6.45, 7) is 11.0. The van der Waals surface area contributed by atoms with Gasteiger partial charge in [0.2, 0.25) is 23.5 Å². The average Bonchev–Trinajstić information content (AvgIpc) is 1.33. The summed E-state index contributed by atoms with van der Waals surface area (Å²) in [6.07, 6.45) is 2.14. The van der Waals surface area contributed by atoms with Crippen LogP contribution in [0.1, 0.15) is 85.1 Å². The van der Waals surface area contributed by atoms with E-state index in [4.69, 9.17) is 41.0 Å². The molecule has 3 unspecified atom stereocenters. The molecular weight excluding hydrogens is 1820 g/mol. The Balaban J connectivity index is 0.000000259. The molecule has 4 heterocycles. The summed E-state index contributed by atoms with van der Waals surface area (Å²) >= 11 is 4.86. The monoisotopic (exact) mass is 1900 g/mol. The maximum atomic E-state index is 15.2. The van der Waals surface area contributed by atoms with Crippen molar-refractivity contribution >= 4 is 134 Å². The van der Waals surface area contributed by atoms with Gasteiger partial charge >= 0.3 is 36.2 Å². The topological polar surface area (TPSA) is 393 Å². The summed E-state index contributed by atoms with van der Waals surface area (Å²) in [6, 6.07) is 14.6. The third kappa shape index (κ3) is 30.2. The van der Waals surface area contributed by atoms with Gasteiger partial charge < -0.3 is 69.6 Å². The lowest BCUT2D eigenvalue weighted by atomic mass is 10.0. The normalized spacial score (nSPS) is 14.5. The minimum absolute atomic E-state index is 0.0111. The number of ketones is 2. The number of carbonyl (C=O) groups is 12. The van der Waals surface area contributed by atoms with Crippen LogP contribution in [0.3, 0.4) is 0 Å². The molecule has 6 N–H and O–H groups in total. The van der Waals surface area contributed by atoms with Gasteiger partial charge in [-0.3, -0.25) is 53.3 Å². The number of rotatable bonds is 25. The number of Topliss-reactive ketones (excluding diaryl/α,β-unsaturated/α-hetero) is 2. The number of pyridine rings is 1. The van der Waals surface area contributed by atoms with Crippen LogP contribution in [-0.2, 0) is 57.2 Å². The number of aromatic nitrogens is 1. The molecule has 3 fully saturated rings. The molecule has 3 atom stereocenters. The van der Waals surface area contributed by atoms with Crippen LogP contribution in [0.5, 0.6) is 0 Å². The van der Waals surface area contributed by atoms with Crippen LogP contribution in [0.4, 0.5) is 104 Å². The molecule has 11 rings (SSSR count). The second-order valence-electron chi connectivity index (χ2n) is 28.1. The number of carbonyl (C=O) groups excluding carboxylic acids is 12. The molecule has 0 saturated carbocycles. The number of ether oxygens (including phenoxy) is 6. The Morgan fingerprint density at radius 3 is 1.32 bits per heavy atom. The van der Waals surface area contributed by atoms with Gasteiger partial charge in [0.15, 0.2) is 63.6 Å². The van der Waals surface area contributed by atoms with Crippen LogP contribution in [0.2, 0.25) is 0 Å². The number of nitrogens with zero attached hydrogens (tertiary/aromatic N) is 7. The number of benzene rings is 7. The van der Waals surface area contributed by atoms with Crippen LogP contribution in [0.25, 0.3) is 22.3 Å². The van der Waals surface area contributed by atoms with Crippen molar-refractivity contribution in [1.82, 2.24) is 30.3 Å². The molecule has 8 aromatic rings. The van der Waals surface area contributed by atoms with E-state index in [1.165, 1.54) is 99.8 Å². The van der Waals surface area contributed by atoms with E-state index in [-0.39, 0.29) is 139 Å². The molecule has 7 aromatic carbocycles. The first-order valence-corrected chi connectivity index (χ1v) is 39.2. The third-order valence-corrected chi connectivity index (χ3v) is 17.8. The molecule has 3 aliphatic heterocycles. The molecule has 0 spiro atoms. The summed E-state index contributed by atoms with van der Waals surface area (Å²) in [7, 11) is 6.76. The number of nitrogens with one attached hydrogen (secondary N) is 3. The molecule has 6 amide bonds. The molecule has 0 aliphatic carbocycles. The van der Waals surface area contributed by atoms with Crippen molar-refractivity contribution in [2.75, 3.05) is 108 Å². The Labute approximate surface area is 751 Å². The van der Waals surface area contributed by atoms with E-state index in [0.29, 0.717) is 42.8 Å². The molecular formula is C87H82ClF14N11O20. The summed E-state index contributed by atoms with van der Waals surface area (Å²) in [4.78, 5) is 161. The van der Waals surface area contributed by atoms with Crippen molar-refractivity contribution in [2.24, 2.45) is 4.99 Å². The van der Waals surface area contributed by atoms with Gasteiger partial charge in [-0.25, -0.2) is 90.2 Å². The molecule has 710 valence electrons. The van der Waals surface area contributed by atoms with E-state index in [0.717, 1.165) is 53.1 Å². The standard InChI is InChI=1S/C24H21F4N3O6.C23H18F3N3O5.C14H14F3NO3.C12H14FN3O3.C7H2ClF3O.C7H13NO2/c1-3-36-23(34)16(22(33)15-7-18(26)19(27)8-17(15)25)10-30-21-5-4-13(6-20(21)28)31-11-14(37-24(31)35)9-29-12(2)32;1-11(30)16-10-29(21-7-18(25)17(24)6-15(21)22(16)32)20-4-3-13(5-19(20)26)28-9-14(34-23(28)33)8-27-12(2)31;1-4-21-14(20)9(7-18(2)3)13(19)8-5-11(16)12(17)6-10(8)15;1-7(17)15-5-9-6-16(12(18)19-9)8-2-3-11(14)10(13)4-8;8-7(12)3-1-5(10)6(11)2-4(3)9;1-4-10-7(9)5-6-8(2)3/h4-8,10,14,33H,3,9,11H2,1-2H3,(H,29,32);3-7,10,14H,8-9H2,1-2H3,(H,27,31);5-7H,4H2,1-3H3;2-4,9H,5-6,14H2,1H3,(H,15,17);1-2H;5-6H,4H2,1-3H3/b;;9-7-;;;6-5+. The SMILES string of the molecule is CC(=O)NCC1CN(c2ccc(-n3cc(C(C)=O)c(=O)c4cc(F)c(F)cc43)c(F)c2)C(=O)O1.CC(=O)NCC1CN(c2ccc(N)c(F)c2)C(=O)O1.CCOC(=O)/C(=C\N(C)C)C(=O)c1cc(F)c(F)cc1F.CCOC(=O)/C=C/N(C)C.CCOC(=O)C(C=Nc1ccc(N2CC(CNC(C)=O)OC2=O)cc1F)=C(O)c1cc(F)c(F)cc1F.O=C(Cl)c1cc(F)c(F)cc1F. The van der Waals surface area contributed by atoms with Gasteiger partial charge in [-0.15, -0.1) is 0 Å². The summed E-state index contributed by atoms with van der Waals surface area (Å²) < 4.78 is 219. The highest BCUT2D eigenvalue weighted by molar-refractivity contribution is 6.67. The lowest BCUT2D eigenvalue weighted by Crippen LogP contribution is -2.33. The highest BCUT2D eigenvalue weighted by Crippen LogP contribution is 2.33. The van der Waals surface area contributed by atoms with E-state index in [2.05, 4.69) is 25.7 Å². The van der Waals surface area contributed by atoms with Crippen molar-refractivity contribution in [2.45, 2.75) is 66.8 Å². The summed E-state index contributed by atoms with van der Waals surface area (Å²) in [5.74, 6) is -23.2. The first-order valence-electron chi connectivity index (χ1n) is 38.8. The number of aliphatic imine (C=N–C) groups is 1. The maximum Gasteiger partial charge on any atom is 0.414 e. The van der Waals surface area contributed by atoms with Crippen molar-refractivity contribution in [3.8, 4) is 5.69 Å². The van der Waals surface area contributed by atoms with Gasteiger partial charge in [-0.05, 0) is 118 Å². The zero-order chi connectivity index (χ0) is 99.4. The summed E-state index contributed by atoms with van der Waals surface area (Å²) in [5.41, 5.74) is 0.789. The number of nitrogen functional groups attached to an aromatic ring is 1. The zero-order valence-corrected chi connectivity index (χ0v) is 72.6. The molecule has 0 radical (unpaired) electrons. The zero-order valence-electron chi connectivity index (χ0n) is 71.9. The van der Waals surface area contributed by atoms with E-state index in [1.807, 2.05) is 14.1 Å². The van der Waals surface area contributed by atoms with Crippen LogP contribution in [-0.4, -0.2) is 202 Å². The average molecular weight is 1900 g/mol. The Bertz CT molecular complexity index is 5980. The summed E-state index contributed by atoms with van der Waals surface area (Å²) in [5, 5.41) is 16.6. The first-order chi connectivity index (χ1) is 62.5. The van der Waals surface area contributed by atoms with Crippen LogP contribution >= 0.6 is 11.6 Å². The highest BCUT2D eigenvalue weighted by Gasteiger charge is 2.37. The molecule has 1 aromatic heterocycles. The van der Waals surface area contributed by atoms with Crippen molar-refractivity contribution in [3.63, 3.8) is 0 Å². The second kappa shape index (κ2) is 49.0. The number of nitrogens with two attached hydrogens (primary N) is 1. The predicted octanol–water partition coefficient (Wildman–Crippen LogP) is 13.3. The lowest BCUT2D eigenvalue weighted by molar-refractivity contribution is -0.139. The molecule has 0 bridgehead atoms. The van der Waals surface area contributed by atoms with Gasteiger partial charge in [-0.1, -0.05) is 0 Å². The number of hydrogen-bond donors (Lipinski definition) is 5. The van der Waals surface area contributed by atoms with Crippen LogP contribution in [0.15, 0.2) is 149 Å². The van der Waals surface area contributed by atoms with Gasteiger partial charge in [0.1, 0.15) is 64.3 Å². The van der Waals surface area contributed by atoms with Crippen LogP contribution in [0, 0.1) is 81.4 Å².